The molecule has 0 radical (unpaired) electrons. The molecule has 120 valence electrons. The van der Waals surface area contributed by atoms with Gasteiger partial charge in [-0.2, -0.15) is 0 Å². The first-order chi connectivity index (χ1) is 10.9. The van der Waals surface area contributed by atoms with Gasteiger partial charge in [-0.15, -0.1) is 0 Å². The van der Waals surface area contributed by atoms with E-state index in [9.17, 15) is 19.7 Å². The molecule has 0 aliphatic rings. The molecule has 1 aromatic carbocycles. The number of rotatable bonds is 6. The van der Waals surface area contributed by atoms with Crippen molar-refractivity contribution in [2.24, 2.45) is 0 Å². The van der Waals surface area contributed by atoms with Crippen molar-refractivity contribution in [1.29, 1.82) is 0 Å². The van der Waals surface area contributed by atoms with E-state index in [1.165, 1.54) is 17.7 Å². The lowest BCUT2D eigenvalue weighted by atomic mass is 10.1. The highest BCUT2D eigenvalue weighted by molar-refractivity contribution is 5.94. The Morgan fingerprint density at radius 3 is 2.65 bits per heavy atom. The molecule has 0 unspecified atom stereocenters. The van der Waals surface area contributed by atoms with Gasteiger partial charge >= 0.3 is 0 Å². The topological polar surface area (TPSA) is 91.4 Å². The number of nitrogens with zero attached hydrogens (tertiary/aromatic N) is 2. The van der Waals surface area contributed by atoms with Crippen LogP contribution >= 0.6 is 0 Å². The van der Waals surface area contributed by atoms with Gasteiger partial charge in [0, 0.05) is 23.3 Å². The first-order valence-corrected chi connectivity index (χ1v) is 7.04. The molecule has 0 spiro atoms. The zero-order chi connectivity index (χ0) is 17.0. The highest BCUT2D eigenvalue weighted by Gasteiger charge is 2.12. The first-order valence-electron chi connectivity index (χ1n) is 7.04. The summed E-state index contributed by atoms with van der Waals surface area (Å²) in [6, 6.07) is 7.26. The second-order valence-electron chi connectivity index (χ2n) is 4.92. The Bertz CT molecular complexity index is 810. The van der Waals surface area contributed by atoms with E-state index in [0.717, 1.165) is 12.1 Å². The molecule has 7 nitrogen and oxygen atoms in total. The number of carbonyl (C=O) groups is 1. The van der Waals surface area contributed by atoms with Crippen molar-refractivity contribution >= 4 is 11.5 Å². The lowest BCUT2D eigenvalue weighted by molar-refractivity contribution is -0.385. The highest BCUT2D eigenvalue weighted by Crippen LogP contribution is 2.22. The minimum absolute atomic E-state index is 0.0803. The molecule has 1 aromatic heterocycles. The van der Waals surface area contributed by atoms with E-state index >= 15 is 0 Å². The van der Waals surface area contributed by atoms with E-state index in [-0.39, 0.29) is 23.6 Å². The standard InChI is InChI=1S/C16H16N2O5/c1-3-23-15-6-4-12(11(2)19)8-13(15)9-17-10-14(18(21)22)5-7-16(17)20/h4-8,10H,3,9H2,1-2H3. The predicted octanol–water partition coefficient (Wildman–Crippen LogP) is 2.41. The van der Waals surface area contributed by atoms with Crippen LogP contribution in [0.2, 0.25) is 0 Å². The fourth-order valence-electron chi connectivity index (χ4n) is 2.15. The van der Waals surface area contributed by atoms with Gasteiger partial charge in [-0.05, 0) is 32.0 Å². The Kier molecular flexibility index (Phi) is 4.90. The van der Waals surface area contributed by atoms with Gasteiger partial charge in [-0.25, -0.2) is 0 Å². The van der Waals surface area contributed by atoms with Gasteiger partial charge in [-0.3, -0.25) is 19.7 Å². The van der Waals surface area contributed by atoms with E-state index in [1.807, 2.05) is 6.92 Å². The van der Waals surface area contributed by atoms with Crippen LogP contribution in [0.1, 0.15) is 29.8 Å². The molecule has 2 rings (SSSR count). The number of ether oxygens (including phenoxy) is 1. The summed E-state index contributed by atoms with van der Waals surface area (Å²) in [5.74, 6) is 0.427. The minimum Gasteiger partial charge on any atom is -0.494 e. The van der Waals surface area contributed by atoms with Crippen molar-refractivity contribution in [3.63, 3.8) is 0 Å². The minimum atomic E-state index is -0.564. The molecule has 0 aliphatic heterocycles. The Labute approximate surface area is 132 Å². The van der Waals surface area contributed by atoms with Crippen molar-refractivity contribution in [2.75, 3.05) is 6.61 Å². The summed E-state index contributed by atoms with van der Waals surface area (Å²) in [7, 11) is 0. The SMILES string of the molecule is CCOc1ccc(C(C)=O)cc1Cn1cc([N+](=O)[O-])ccc1=O. The van der Waals surface area contributed by atoms with Gasteiger partial charge in [0.15, 0.2) is 5.78 Å². The molecular weight excluding hydrogens is 300 g/mol. The summed E-state index contributed by atoms with van der Waals surface area (Å²) in [6.45, 7) is 3.77. The van der Waals surface area contributed by atoms with Gasteiger partial charge < -0.3 is 9.30 Å². The zero-order valence-corrected chi connectivity index (χ0v) is 12.8. The van der Waals surface area contributed by atoms with Crippen LogP contribution in [0.3, 0.4) is 0 Å². The van der Waals surface area contributed by atoms with Crippen molar-refractivity contribution in [2.45, 2.75) is 20.4 Å². The average molecular weight is 316 g/mol. The molecule has 1 heterocycles. The molecular formula is C16H16N2O5. The van der Waals surface area contributed by atoms with Crippen LogP contribution in [-0.4, -0.2) is 21.9 Å². The number of hydrogen-bond donors (Lipinski definition) is 0. The fraction of sp³-hybridized carbons (Fsp3) is 0.250. The molecule has 0 amide bonds. The van der Waals surface area contributed by atoms with E-state index in [1.54, 1.807) is 18.2 Å². The number of Topliss-reactive ketones (excluding diaryl/α,β-unsaturated/α-hetero) is 1. The number of aromatic nitrogens is 1. The third-order valence-electron chi connectivity index (χ3n) is 3.29. The third kappa shape index (κ3) is 3.82. The predicted molar refractivity (Wildman–Crippen MR) is 84.1 cm³/mol. The van der Waals surface area contributed by atoms with Gasteiger partial charge in [-0.1, -0.05) is 0 Å². The summed E-state index contributed by atoms with van der Waals surface area (Å²) in [4.78, 5) is 33.7. The van der Waals surface area contributed by atoms with Crippen LogP contribution in [0.5, 0.6) is 5.75 Å². The Morgan fingerprint density at radius 1 is 1.30 bits per heavy atom. The maximum absolute atomic E-state index is 11.9. The number of nitro groups is 1. The van der Waals surface area contributed by atoms with Crippen LogP contribution in [0.15, 0.2) is 41.3 Å². The lowest BCUT2D eigenvalue weighted by Gasteiger charge is -2.12. The Balaban J connectivity index is 2.47. The van der Waals surface area contributed by atoms with Crippen LogP contribution in [0.25, 0.3) is 0 Å². The Hall–Kier alpha value is -2.96. The highest BCUT2D eigenvalue weighted by atomic mass is 16.6. The number of hydrogen-bond acceptors (Lipinski definition) is 5. The molecule has 7 heteroatoms. The van der Waals surface area contributed by atoms with Gasteiger partial charge in [0.1, 0.15) is 5.75 Å². The van der Waals surface area contributed by atoms with Crippen LogP contribution in [-0.2, 0) is 6.54 Å². The number of ketones is 1. The fourth-order valence-corrected chi connectivity index (χ4v) is 2.15. The van der Waals surface area contributed by atoms with Gasteiger partial charge in [0.05, 0.1) is 24.3 Å². The van der Waals surface area contributed by atoms with Gasteiger partial charge in [0.2, 0.25) is 0 Å². The smallest absolute Gasteiger partial charge is 0.285 e. The second kappa shape index (κ2) is 6.87. The van der Waals surface area contributed by atoms with E-state index in [4.69, 9.17) is 4.74 Å². The number of pyridine rings is 1. The molecule has 0 aliphatic carbocycles. The number of carbonyl (C=O) groups excluding carboxylic acids is 1. The monoisotopic (exact) mass is 316 g/mol. The van der Waals surface area contributed by atoms with Crippen molar-refractivity contribution in [1.82, 2.24) is 4.57 Å². The second-order valence-corrected chi connectivity index (χ2v) is 4.92. The van der Waals surface area contributed by atoms with Crippen LogP contribution in [0, 0.1) is 10.1 Å². The van der Waals surface area contributed by atoms with E-state index < -0.39 is 4.92 Å². The third-order valence-corrected chi connectivity index (χ3v) is 3.29. The summed E-state index contributed by atoms with van der Waals surface area (Å²) in [5.41, 5.74) is 0.556. The average Bonchev–Trinajstić information content (AvgIpc) is 2.50. The molecule has 0 saturated heterocycles. The van der Waals surface area contributed by atoms with Gasteiger partial charge in [0.25, 0.3) is 11.2 Å². The maximum atomic E-state index is 11.9. The normalized spacial score (nSPS) is 10.3. The zero-order valence-electron chi connectivity index (χ0n) is 12.8. The van der Waals surface area contributed by atoms with Crippen molar-refractivity contribution < 1.29 is 14.5 Å². The summed E-state index contributed by atoms with van der Waals surface area (Å²) < 4.78 is 6.72. The van der Waals surface area contributed by atoms with Crippen molar-refractivity contribution in [3.8, 4) is 5.75 Å². The molecule has 23 heavy (non-hydrogen) atoms. The van der Waals surface area contributed by atoms with Crippen molar-refractivity contribution in [3.05, 3.63) is 68.1 Å². The lowest BCUT2D eigenvalue weighted by Crippen LogP contribution is -2.20. The van der Waals surface area contributed by atoms with E-state index in [2.05, 4.69) is 0 Å². The molecule has 0 N–H and O–H groups in total. The quantitative estimate of drug-likeness (QED) is 0.463. The maximum Gasteiger partial charge on any atom is 0.285 e. The Morgan fingerprint density at radius 2 is 2.04 bits per heavy atom. The molecule has 0 bridgehead atoms. The molecule has 0 fully saturated rings. The summed E-state index contributed by atoms with van der Waals surface area (Å²) >= 11 is 0. The first kappa shape index (κ1) is 16.4. The number of benzene rings is 1. The molecule has 0 saturated carbocycles. The molecule has 2 aromatic rings. The van der Waals surface area contributed by atoms with Crippen LogP contribution in [0.4, 0.5) is 5.69 Å². The summed E-state index contributed by atoms with van der Waals surface area (Å²) in [5, 5.41) is 10.9. The largest absolute Gasteiger partial charge is 0.494 e. The van der Waals surface area contributed by atoms with Crippen LogP contribution < -0.4 is 10.3 Å². The molecule has 0 atom stereocenters. The van der Waals surface area contributed by atoms with E-state index in [0.29, 0.717) is 23.5 Å². The summed E-state index contributed by atoms with van der Waals surface area (Å²) in [6.07, 6.45) is 1.18.